The number of nitrogens with one attached hydrogen (secondary N) is 2. The number of benzene rings is 1. The standard InChI is InChI=1S/C18H28N2O/c1-5-10-19-16-7-6-13(2)11-15(16)17(21)20-14-8-9-18(3,4)12-14/h6-7,11,14,19H,5,8-10,12H2,1-4H3,(H,20,21). The van der Waals surface area contributed by atoms with E-state index in [0.717, 1.165) is 42.6 Å². The van der Waals surface area contributed by atoms with E-state index in [-0.39, 0.29) is 5.91 Å². The van der Waals surface area contributed by atoms with Gasteiger partial charge in [0.15, 0.2) is 0 Å². The van der Waals surface area contributed by atoms with Crippen molar-refractivity contribution in [2.45, 2.75) is 59.4 Å². The number of amides is 1. The minimum absolute atomic E-state index is 0.0556. The van der Waals surface area contributed by atoms with E-state index in [9.17, 15) is 4.79 Å². The summed E-state index contributed by atoms with van der Waals surface area (Å²) in [7, 11) is 0. The number of carbonyl (C=O) groups is 1. The summed E-state index contributed by atoms with van der Waals surface area (Å²) < 4.78 is 0. The minimum atomic E-state index is 0.0556. The molecule has 1 aromatic rings. The topological polar surface area (TPSA) is 41.1 Å². The van der Waals surface area contributed by atoms with Gasteiger partial charge in [0.2, 0.25) is 0 Å². The van der Waals surface area contributed by atoms with Crippen LogP contribution in [0.5, 0.6) is 0 Å². The van der Waals surface area contributed by atoms with Crippen molar-refractivity contribution in [1.82, 2.24) is 5.32 Å². The van der Waals surface area contributed by atoms with Gasteiger partial charge in [-0.25, -0.2) is 0 Å². The minimum Gasteiger partial charge on any atom is -0.384 e. The predicted molar refractivity (Wildman–Crippen MR) is 88.8 cm³/mol. The summed E-state index contributed by atoms with van der Waals surface area (Å²) >= 11 is 0. The molecule has 3 nitrogen and oxygen atoms in total. The first-order valence-electron chi connectivity index (χ1n) is 8.07. The second kappa shape index (κ2) is 6.50. The average Bonchev–Trinajstić information content (AvgIpc) is 2.76. The third-order valence-electron chi connectivity index (χ3n) is 4.29. The Bertz CT molecular complexity index is 508. The van der Waals surface area contributed by atoms with Gasteiger partial charge in [0.25, 0.3) is 5.91 Å². The van der Waals surface area contributed by atoms with E-state index in [4.69, 9.17) is 0 Å². The molecule has 1 aliphatic rings. The summed E-state index contributed by atoms with van der Waals surface area (Å²) in [5.74, 6) is 0.0556. The van der Waals surface area contributed by atoms with Crippen LogP contribution in [0.3, 0.4) is 0 Å². The molecule has 2 N–H and O–H groups in total. The largest absolute Gasteiger partial charge is 0.384 e. The van der Waals surface area contributed by atoms with E-state index in [2.05, 4.69) is 31.4 Å². The number of hydrogen-bond acceptors (Lipinski definition) is 2. The Morgan fingerprint density at radius 3 is 2.76 bits per heavy atom. The van der Waals surface area contributed by atoms with Crippen molar-refractivity contribution in [2.75, 3.05) is 11.9 Å². The fraction of sp³-hybridized carbons (Fsp3) is 0.611. The summed E-state index contributed by atoms with van der Waals surface area (Å²) in [6.45, 7) is 9.60. The summed E-state index contributed by atoms with van der Waals surface area (Å²) in [5.41, 5.74) is 3.19. The number of aryl methyl sites for hydroxylation is 1. The van der Waals surface area contributed by atoms with Crippen LogP contribution in [0.1, 0.15) is 62.4 Å². The van der Waals surface area contributed by atoms with Gasteiger partial charge in [-0.3, -0.25) is 4.79 Å². The summed E-state index contributed by atoms with van der Waals surface area (Å²) in [4.78, 5) is 12.6. The molecular formula is C18H28N2O. The highest BCUT2D eigenvalue weighted by Gasteiger charge is 2.32. The predicted octanol–water partition coefficient (Wildman–Crippen LogP) is 4.13. The highest BCUT2D eigenvalue weighted by Crippen LogP contribution is 2.37. The monoisotopic (exact) mass is 288 g/mol. The van der Waals surface area contributed by atoms with Crippen LogP contribution in [0.4, 0.5) is 5.69 Å². The van der Waals surface area contributed by atoms with Gasteiger partial charge in [-0.15, -0.1) is 0 Å². The van der Waals surface area contributed by atoms with E-state index in [1.54, 1.807) is 0 Å². The van der Waals surface area contributed by atoms with Crippen molar-refractivity contribution in [1.29, 1.82) is 0 Å². The van der Waals surface area contributed by atoms with Gasteiger partial charge in [-0.1, -0.05) is 32.4 Å². The summed E-state index contributed by atoms with van der Waals surface area (Å²) in [5, 5.41) is 6.57. The molecule has 1 amide bonds. The van der Waals surface area contributed by atoms with Crippen LogP contribution in [0.25, 0.3) is 0 Å². The third-order valence-corrected chi connectivity index (χ3v) is 4.29. The maximum atomic E-state index is 12.6. The molecule has 116 valence electrons. The Morgan fingerprint density at radius 1 is 1.38 bits per heavy atom. The fourth-order valence-electron chi connectivity index (χ4n) is 3.08. The Hall–Kier alpha value is -1.51. The van der Waals surface area contributed by atoms with E-state index in [1.807, 2.05) is 25.1 Å². The van der Waals surface area contributed by atoms with Crippen LogP contribution >= 0.6 is 0 Å². The lowest BCUT2D eigenvalue weighted by atomic mass is 9.92. The van der Waals surface area contributed by atoms with E-state index in [0.29, 0.717) is 11.5 Å². The van der Waals surface area contributed by atoms with Crippen LogP contribution in [0.15, 0.2) is 18.2 Å². The Balaban J connectivity index is 2.09. The molecule has 0 heterocycles. The molecule has 21 heavy (non-hydrogen) atoms. The van der Waals surface area contributed by atoms with E-state index >= 15 is 0 Å². The van der Waals surface area contributed by atoms with Gasteiger partial charge in [-0.2, -0.15) is 0 Å². The van der Waals surface area contributed by atoms with Gasteiger partial charge >= 0.3 is 0 Å². The first kappa shape index (κ1) is 15.9. The quantitative estimate of drug-likeness (QED) is 0.855. The lowest BCUT2D eigenvalue weighted by molar-refractivity contribution is 0.0936. The molecule has 0 radical (unpaired) electrons. The second-order valence-corrected chi connectivity index (χ2v) is 7.05. The molecule has 1 saturated carbocycles. The van der Waals surface area contributed by atoms with Gasteiger partial charge in [0.1, 0.15) is 0 Å². The molecule has 0 saturated heterocycles. The maximum Gasteiger partial charge on any atom is 0.253 e. The number of hydrogen-bond donors (Lipinski definition) is 2. The van der Waals surface area contributed by atoms with Crippen LogP contribution in [0.2, 0.25) is 0 Å². The lowest BCUT2D eigenvalue weighted by Gasteiger charge is -2.19. The van der Waals surface area contributed by atoms with Crippen LogP contribution < -0.4 is 10.6 Å². The molecule has 1 atom stereocenters. The molecule has 3 heteroatoms. The molecule has 0 aliphatic heterocycles. The second-order valence-electron chi connectivity index (χ2n) is 7.05. The van der Waals surface area contributed by atoms with Crippen molar-refractivity contribution in [3.63, 3.8) is 0 Å². The zero-order valence-corrected chi connectivity index (χ0v) is 13.8. The Morgan fingerprint density at radius 2 is 2.14 bits per heavy atom. The molecule has 1 unspecified atom stereocenters. The first-order valence-corrected chi connectivity index (χ1v) is 8.07. The fourth-order valence-corrected chi connectivity index (χ4v) is 3.08. The van der Waals surface area contributed by atoms with Gasteiger partial charge in [0, 0.05) is 18.3 Å². The van der Waals surface area contributed by atoms with E-state index < -0.39 is 0 Å². The maximum absolute atomic E-state index is 12.6. The third kappa shape index (κ3) is 4.23. The van der Waals surface area contributed by atoms with Crippen LogP contribution in [-0.4, -0.2) is 18.5 Å². The Kier molecular flexibility index (Phi) is 4.92. The lowest BCUT2D eigenvalue weighted by Crippen LogP contribution is -2.34. The van der Waals surface area contributed by atoms with Gasteiger partial charge in [-0.05, 0) is 50.2 Å². The molecular weight excluding hydrogens is 260 g/mol. The zero-order valence-electron chi connectivity index (χ0n) is 13.8. The normalized spacial score (nSPS) is 20.3. The number of rotatable bonds is 5. The number of carbonyl (C=O) groups excluding carboxylic acids is 1. The van der Waals surface area contributed by atoms with Gasteiger partial charge < -0.3 is 10.6 Å². The van der Waals surface area contributed by atoms with Crippen molar-refractivity contribution in [3.05, 3.63) is 29.3 Å². The van der Waals surface area contributed by atoms with Crippen molar-refractivity contribution < 1.29 is 4.79 Å². The SMILES string of the molecule is CCCNc1ccc(C)cc1C(=O)NC1CCC(C)(C)C1. The summed E-state index contributed by atoms with van der Waals surface area (Å²) in [6, 6.07) is 6.35. The molecule has 1 aromatic carbocycles. The zero-order chi connectivity index (χ0) is 15.5. The smallest absolute Gasteiger partial charge is 0.253 e. The molecule has 0 bridgehead atoms. The molecule has 2 rings (SSSR count). The van der Waals surface area contributed by atoms with Crippen LogP contribution in [0, 0.1) is 12.3 Å². The average molecular weight is 288 g/mol. The summed E-state index contributed by atoms with van der Waals surface area (Å²) in [6.07, 6.45) is 4.39. The molecule has 0 aromatic heterocycles. The van der Waals surface area contributed by atoms with Crippen molar-refractivity contribution in [3.8, 4) is 0 Å². The van der Waals surface area contributed by atoms with Crippen LogP contribution in [-0.2, 0) is 0 Å². The molecule has 0 spiro atoms. The highest BCUT2D eigenvalue weighted by molar-refractivity contribution is 6.00. The van der Waals surface area contributed by atoms with E-state index in [1.165, 1.54) is 6.42 Å². The molecule has 1 fully saturated rings. The first-order chi connectivity index (χ1) is 9.91. The molecule has 1 aliphatic carbocycles. The Labute approximate surface area is 128 Å². The van der Waals surface area contributed by atoms with Gasteiger partial charge in [0.05, 0.1) is 5.56 Å². The van der Waals surface area contributed by atoms with Crippen molar-refractivity contribution in [2.24, 2.45) is 5.41 Å². The highest BCUT2D eigenvalue weighted by atomic mass is 16.1. The van der Waals surface area contributed by atoms with Crippen molar-refractivity contribution >= 4 is 11.6 Å². The number of anilines is 1.